The maximum atomic E-state index is 12.0. The van der Waals surface area contributed by atoms with E-state index in [1.807, 2.05) is 0 Å². The molecule has 0 aliphatic carbocycles. The highest BCUT2D eigenvalue weighted by atomic mass is 19.4. The molecule has 0 amide bonds. The normalized spacial score (nSPS) is 26.2. The van der Waals surface area contributed by atoms with Gasteiger partial charge in [-0.25, -0.2) is 0 Å². The van der Waals surface area contributed by atoms with Crippen LogP contribution in [-0.4, -0.2) is 54.5 Å². The van der Waals surface area contributed by atoms with Gasteiger partial charge in [0.05, 0.1) is 13.2 Å². The highest BCUT2D eigenvalue weighted by molar-refractivity contribution is 5.76. The van der Waals surface area contributed by atoms with E-state index >= 15 is 0 Å². The minimum Gasteiger partial charge on any atom is -0.468 e. The van der Waals surface area contributed by atoms with Crippen LogP contribution in [0, 0.1) is 0 Å². The van der Waals surface area contributed by atoms with E-state index in [1.54, 1.807) is 4.90 Å². The van der Waals surface area contributed by atoms with E-state index in [4.69, 9.17) is 0 Å². The molecule has 17 heavy (non-hydrogen) atoms. The number of carbonyl (C=O) groups excluding carboxylic acids is 1. The fraction of sp³-hybridized carbons (Fsp3) is 0.900. The van der Waals surface area contributed by atoms with Crippen molar-refractivity contribution in [1.82, 2.24) is 4.90 Å². The number of β-amino-alcohol motifs (C(OH)–C–C–N with tert-alkyl or cyclic N) is 1. The number of aliphatic hydroxyl groups excluding tert-OH is 1. The number of hydrogen-bond acceptors (Lipinski definition) is 4. The number of methoxy groups -OCH3 is 1. The van der Waals surface area contributed by atoms with E-state index in [2.05, 4.69) is 4.74 Å². The quantitative estimate of drug-likeness (QED) is 0.759. The Hall–Kier alpha value is -0.820. The van der Waals surface area contributed by atoms with Crippen molar-refractivity contribution in [3.63, 3.8) is 0 Å². The third-order valence-corrected chi connectivity index (χ3v) is 2.76. The molecular formula is C10H16F3NO3. The van der Waals surface area contributed by atoms with Crippen molar-refractivity contribution in [2.75, 3.05) is 20.2 Å². The number of nitrogens with zero attached hydrogens (tertiary/aromatic N) is 1. The average Bonchev–Trinajstić information content (AvgIpc) is 2.57. The van der Waals surface area contributed by atoms with Crippen molar-refractivity contribution < 1.29 is 27.8 Å². The first-order chi connectivity index (χ1) is 7.83. The van der Waals surface area contributed by atoms with Crippen LogP contribution >= 0.6 is 0 Å². The second-order valence-electron chi connectivity index (χ2n) is 4.14. The van der Waals surface area contributed by atoms with Gasteiger partial charge in [-0.05, 0) is 13.0 Å². The van der Waals surface area contributed by atoms with Crippen LogP contribution in [0.3, 0.4) is 0 Å². The van der Waals surface area contributed by atoms with Gasteiger partial charge in [0, 0.05) is 19.4 Å². The van der Waals surface area contributed by atoms with Crippen LogP contribution in [0.2, 0.25) is 0 Å². The van der Waals surface area contributed by atoms with Gasteiger partial charge in [-0.1, -0.05) is 0 Å². The molecule has 1 aliphatic rings. The number of esters is 1. The van der Waals surface area contributed by atoms with Gasteiger partial charge in [0.15, 0.2) is 0 Å². The predicted molar refractivity (Wildman–Crippen MR) is 53.3 cm³/mol. The van der Waals surface area contributed by atoms with Crippen molar-refractivity contribution in [1.29, 1.82) is 0 Å². The van der Waals surface area contributed by atoms with Gasteiger partial charge in [-0.2, -0.15) is 13.2 Å². The fourth-order valence-electron chi connectivity index (χ4n) is 1.99. The Morgan fingerprint density at radius 3 is 2.71 bits per heavy atom. The van der Waals surface area contributed by atoms with Gasteiger partial charge < -0.3 is 9.84 Å². The summed E-state index contributed by atoms with van der Waals surface area (Å²) < 4.78 is 40.5. The fourth-order valence-corrected chi connectivity index (χ4v) is 1.99. The summed E-state index contributed by atoms with van der Waals surface area (Å²) in [6.07, 6.45) is -5.60. The zero-order valence-corrected chi connectivity index (χ0v) is 9.54. The van der Waals surface area contributed by atoms with E-state index in [0.29, 0.717) is 0 Å². The van der Waals surface area contributed by atoms with Crippen molar-refractivity contribution in [2.45, 2.75) is 37.6 Å². The Balaban J connectivity index is 2.42. The van der Waals surface area contributed by atoms with Crippen molar-refractivity contribution in [3.8, 4) is 0 Å². The van der Waals surface area contributed by atoms with Crippen molar-refractivity contribution >= 4 is 5.97 Å². The second kappa shape index (κ2) is 5.68. The van der Waals surface area contributed by atoms with Crippen LogP contribution in [0.15, 0.2) is 0 Å². The summed E-state index contributed by atoms with van der Waals surface area (Å²) in [7, 11) is 1.22. The molecule has 0 radical (unpaired) electrons. The molecule has 1 fully saturated rings. The summed E-state index contributed by atoms with van der Waals surface area (Å²) >= 11 is 0. The molecule has 7 heteroatoms. The summed E-state index contributed by atoms with van der Waals surface area (Å²) in [6, 6.07) is -0.622. The molecule has 0 saturated carbocycles. The molecule has 4 nitrogen and oxygen atoms in total. The maximum absolute atomic E-state index is 12.0. The Morgan fingerprint density at radius 2 is 2.18 bits per heavy atom. The molecule has 1 N–H and O–H groups in total. The van der Waals surface area contributed by atoms with Crippen molar-refractivity contribution in [3.05, 3.63) is 0 Å². The molecule has 0 bridgehead atoms. The zero-order valence-electron chi connectivity index (χ0n) is 9.54. The van der Waals surface area contributed by atoms with Crippen LogP contribution in [0.5, 0.6) is 0 Å². The summed E-state index contributed by atoms with van der Waals surface area (Å²) in [6.45, 7) is 0.355. The van der Waals surface area contributed by atoms with Gasteiger partial charge in [0.1, 0.15) is 6.04 Å². The zero-order chi connectivity index (χ0) is 13.1. The van der Waals surface area contributed by atoms with Crippen LogP contribution in [0.1, 0.15) is 19.3 Å². The minimum absolute atomic E-state index is 0.0796. The van der Waals surface area contributed by atoms with Crippen LogP contribution < -0.4 is 0 Å². The molecule has 1 heterocycles. The Kier molecular flexibility index (Phi) is 4.76. The Bertz CT molecular complexity index is 270. The number of likely N-dealkylation sites (tertiary alicyclic amines) is 1. The number of halogens is 3. The number of aliphatic hydroxyl groups is 1. The molecular weight excluding hydrogens is 239 g/mol. The first-order valence-corrected chi connectivity index (χ1v) is 5.40. The lowest BCUT2D eigenvalue weighted by Crippen LogP contribution is -2.37. The van der Waals surface area contributed by atoms with E-state index < -0.39 is 30.7 Å². The lowest BCUT2D eigenvalue weighted by molar-refractivity contribution is -0.146. The van der Waals surface area contributed by atoms with Gasteiger partial charge in [0.2, 0.25) is 0 Å². The van der Waals surface area contributed by atoms with Gasteiger partial charge in [-0.15, -0.1) is 0 Å². The van der Waals surface area contributed by atoms with Gasteiger partial charge in [-0.3, -0.25) is 9.69 Å². The topological polar surface area (TPSA) is 49.8 Å². The summed E-state index contributed by atoms with van der Waals surface area (Å²) in [5.74, 6) is -0.506. The lowest BCUT2D eigenvalue weighted by Gasteiger charge is -2.21. The smallest absolute Gasteiger partial charge is 0.389 e. The van der Waals surface area contributed by atoms with Crippen molar-refractivity contribution in [2.24, 2.45) is 0 Å². The predicted octanol–water partition coefficient (Wildman–Crippen LogP) is 0.937. The monoisotopic (exact) mass is 255 g/mol. The maximum Gasteiger partial charge on any atom is 0.389 e. The first-order valence-electron chi connectivity index (χ1n) is 5.40. The second-order valence-corrected chi connectivity index (χ2v) is 4.14. The summed E-state index contributed by atoms with van der Waals surface area (Å²) in [4.78, 5) is 12.9. The molecule has 0 aromatic carbocycles. The van der Waals surface area contributed by atoms with Gasteiger partial charge in [0.25, 0.3) is 0 Å². The standard InChI is InChI=1S/C10H16F3NO3/c1-17-9(16)8-5-7(15)6-14(8)4-2-3-10(11,12)13/h7-8,15H,2-6H2,1H3. The molecule has 1 rings (SSSR count). The highest BCUT2D eigenvalue weighted by Gasteiger charge is 2.37. The Labute approximate surface area is 97.3 Å². The molecule has 2 atom stereocenters. The van der Waals surface area contributed by atoms with Gasteiger partial charge >= 0.3 is 12.1 Å². The molecule has 100 valence electrons. The number of alkyl halides is 3. The molecule has 0 aromatic rings. The van der Waals surface area contributed by atoms with Crippen LogP contribution in [0.25, 0.3) is 0 Å². The molecule has 0 spiro atoms. The molecule has 1 aliphatic heterocycles. The summed E-state index contributed by atoms with van der Waals surface area (Å²) in [5.41, 5.74) is 0. The number of hydrogen-bond donors (Lipinski definition) is 1. The average molecular weight is 255 g/mol. The third-order valence-electron chi connectivity index (χ3n) is 2.76. The minimum atomic E-state index is -4.18. The molecule has 1 saturated heterocycles. The highest BCUT2D eigenvalue weighted by Crippen LogP contribution is 2.24. The number of ether oxygens (including phenoxy) is 1. The molecule has 0 aromatic heterocycles. The SMILES string of the molecule is COC(=O)C1CC(O)CN1CCCC(F)(F)F. The van der Waals surface area contributed by atoms with E-state index in [9.17, 15) is 23.1 Å². The van der Waals surface area contributed by atoms with Crippen LogP contribution in [0.4, 0.5) is 13.2 Å². The number of rotatable bonds is 4. The lowest BCUT2D eigenvalue weighted by atomic mass is 10.2. The molecule has 2 unspecified atom stereocenters. The largest absolute Gasteiger partial charge is 0.468 e. The van der Waals surface area contributed by atoms with Crippen LogP contribution in [-0.2, 0) is 9.53 Å². The third kappa shape index (κ3) is 4.51. The summed E-state index contributed by atoms with van der Waals surface area (Å²) in [5, 5.41) is 9.40. The van der Waals surface area contributed by atoms with E-state index in [1.165, 1.54) is 7.11 Å². The number of carbonyl (C=O) groups is 1. The van der Waals surface area contributed by atoms with E-state index in [-0.39, 0.29) is 25.9 Å². The Morgan fingerprint density at radius 1 is 1.53 bits per heavy atom. The van der Waals surface area contributed by atoms with E-state index in [0.717, 1.165) is 0 Å². The first kappa shape index (κ1) is 14.2.